The SMILES string of the molecule is CCOc1ccc(C(O)c2cc(C)cnc2N)cc1. The number of nitrogens with zero attached hydrogens (tertiary/aromatic N) is 1. The normalized spacial score (nSPS) is 12.2. The molecule has 0 bridgehead atoms. The summed E-state index contributed by atoms with van der Waals surface area (Å²) in [6.45, 7) is 4.47. The van der Waals surface area contributed by atoms with E-state index in [4.69, 9.17) is 10.5 Å². The average Bonchev–Trinajstić information content (AvgIpc) is 2.42. The highest BCUT2D eigenvalue weighted by Crippen LogP contribution is 2.27. The fraction of sp³-hybridized carbons (Fsp3) is 0.267. The number of hydrogen-bond acceptors (Lipinski definition) is 4. The first-order valence-corrected chi connectivity index (χ1v) is 6.24. The van der Waals surface area contributed by atoms with Crippen LogP contribution in [0.25, 0.3) is 0 Å². The van der Waals surface area contributed by atoms with Gasteiger partial charge >= 0.3 is 0 Å². The van der Waals surface area contributed by atoms with Crippen LogP contribution in [0.15, 0.2) is 36.5 Å². The van der Waals surface area contributed by atoms with E-state index in [2.05, 4.69) is 4.98 Å². The lowest BCUT2D eigenvalue weighted by Crippen LogP contribution is -2.06. The van der Waals surface area contributed by atoms with Crippen molar-refractivity contribution in [2.45, 2.75) is 20.0 Å². The van der Waals surface area contributed by atoms with Gasteiger partial charge in [-0.15, -0.1) is 0 Å². The molecule has 0 saturated carbocycles. The molecule has 100 valence electrons. The summed E-state index contributed by atoms with van der Waals surface area (Å²) < 4.78 is 5.37. The Labute approximate surface area is 112 Å². The second-order valence-corrected chi connectivity index (χ2v) is 4.39. The fourth-order valence-corrected chi connectivity index (χ4v) is 1.91. The van der Waals surface area contributed by atoms with Crippen LogP contribution in [0.3, 0.4) is 0 Å². The van der Waals surface area contributed by atoms with Gasteiger partial charge in [0, 0.05) is 11.8 Å². The molecule has 0 amide bonds. The lowest BCUT2D eigenvalue weighted by molar-refractivity contribution is 0.220. The van der Waals surface area contributed by atoms with Crippen LogP contribution in [0, 0.1) is 6.92 Å². The smallest absolute Gasteiger partial charge is 0.129 e. The number of aliphatic hydroxyl groups excluding tert-OH is 1. The van der Waals surface area contributed by atoms with E-state index < -0.39 is 6.10 Å². The van der Waals surface area contributed by atoms with Gasteiger partial charge in [-0.3, -0.25) is 0 Å². The number of ether oxygens (including phenoxy) is 1. The van der Waals surface area contributed by atoms with Crippen molar-refractivity contribution in [2.75, 3.05) is 12.3 Å². The number of aliphatic hydroxyl groups is 1. The summed E-state index contributed by atoms with van der Waals surface area (Å²) in [6, 6.07) is 9.18. The number of nitrogen functional groups attached to an aromatic ring is 1. The van der Waals surface area contributed by atoms with Gasteiger partial charge in [-0.1, -0.05) is 12.1 Å². The summed E-state index contributed by atoms with van der Waals surface area (Å²) >= 11 is 0. The molecule has 19 heavy (non-hydrogen) atoms. The summed E-state index contributed by atoms with van der Waals surface area (Å²) in [7, 11) is 0. The topological polar surface area (TPSA) is 68.4 Å². The van der Waals surface area contributed by atoms with Gasteiger partial charge < -0.3 is 15.6 Å². The summed E-state index contributed by atoms with van der Waals surface area (Å²) in [5.74, 6) is 1.14. The molecule has 0 spiro atoms. The number of anilines is 1. The zero-order chi connectivity index (χ0) is 13.8. The predicted molar refractivity (Wildman–Crippen MR) is 75.1 cm³/mol. The van der Waals surface area contributed by atoms with Crippen LogP contribution in [0.5, 0.6) is 5.75 Å². The van der Waals surface area contributed by atoms with E-state index in [1.54, 1.807) is 6.20 Å². The number of aromatic nitrogens is 1. The number of pyridine rings is 1. The molecule has 0 radical (unpaired) electrons. The second kappa shape index (κ2) is 5.71. The van der Waals surface area contributed by atoms with Gasteiger partial charge in [-0.25, -0.2) is 4.98 Å². The third-order valence-corrected chi connectivity index (χ3v) is 2.89. The Bertz CT molecular complexity index is 553. The molecule has 1 unspecified atom stereocenters. The van der Waals surface area contributed by atoms with Crippen LogP contribution in [-0.4, -0.2) is 16.7 Å². The largest absolute Gasteiger partial charge is 0.494 e. The third kappa shape index (κ3) is 3.03. The summed E-state index contributed by atoms with van der Waals surface area (Å²) in [5, 5.41) is 10.4. The number of nitrogens with two attached hydrogens (primary N) is 1. The van der Waals surface area contributed by atoms with E-state index in [-0.39, 0.29) is 0 Å². The van der Waals surface area contributed by atoms with E-state index in [9.17, 15) is 5.11 Å². The van der Waals surface area contributed by atoms with E-state index in [1.807, 2.05) is 44.2 Å². The van der Waals surface area contributed by atoms with Crippen molar-refractivity contribution < 1.29 is 9.84 Å². The number of aryl methyl sites for hydroxylation is 1. The maximum absolute atomic E-state index is 10.4. The molecule has 2 rings (SSSR count). The van der Waals surface area contributed by atoms with Crippen LogP contribution in [-0.2, 0) is 0 Å². The summed E-state index contributed by atoms with van der Waals surface area (Å²) in [5.41, 5.74) is 8.17. The molecule has 1 aromatic carbocycles. The van der Waals surface area contributed by atoms with Crippen molar-refractivity contribution in [3.63, 3.8) is 0 Å². The number of hydrogen-bond donors (Lipinski definition) is 2. The Hall–Kier alpha value is -2.07. The van der Waals surface area contributed by atoms with E-state index in [1.165, 1.54) is 0 Å². The standard InChI is InChI=1S/C15H18N2O2/c1-3-19-12-6-4-11(5-7-12)14(18)13-8-10(2)9-17-15(13)16/h4-9,14,18H,3H2,1-2H3,(H2,16,17). The summed E-state index contributed by atoms with van der Waals surface area (Å²) in [6.07, 6.45) is 0.909. The van der Waals surface area contributed by atoms with Gasteiger partial charge in [0.1, 0.15) is 17.7 Å². The molecule has 1 atom stereocenters. The number of rotatable bonds is 4. The maximum atomic E-state index is 10.4. The van der Waals surface area contributed by atoms with Crippen LogP contribution in [0.1, 0.15) is 29.7 Å². The molecule has 2 aromatic rings. The molecule has 0 aliphatic rings. The molecule has 1 aromatic heterocycles. The zero-order valence-corrected chi connectivity index (χ0v) is 11.1. The average molecular weight is 258 g/mol. The fourth-order valence-electron chi connectivity index (χ4n) is 1.91. The molecule has 0 aliphatic heterocycles. The molecule has 4 heteroatoms. The predicted octanol–water partition coefficient (Wildman–Crippen LogP) is 2.45. The van der Waals surface area contributed by atoms with Gasteiger partial charge in [0.05, 0.1) is 6.61 Å². The van der Waals surface area contributed by atoms with Gasteiger partial charge in [-0.05, 0) is 43.2 Å². The molecule has 0 aliphatic carbocycles. The summed E-state index contributed by atoms with van der Waals surface area (Å²) in [4.78, 5) is 4.07. The minimum Gasteiger partial charge on any atom is -0.494 e. The first-order valence-electron chi connectivity index (χ1n) is 6.24. The van der Waals surface area contributed by atoms with Crippen molar-refractivity contribution in [1.82, 2.24) is 4.98 Å². The first-order chi connectivity index (χ1) is 9.11. The number of benzene rings is 1. The molecular weight excluding hydrogens is 240 g/mol. The highest BCUT2D eigenvalue weighted by atomic mass is 16.5. The Balaban J connectivity index is 2.27. The molecule has 0 saturated heterocycles. The molecule has 3 N–H and O–H groups in total. The lowest BCUT2D eigenvalue weighted by Gasteiger charge is -2.14. The van der Waals surface area contributed by atoms with Crippen molar-refractivity contribution in [3.8, 4) is 5.75 Å². The molecule has 0 fully saturated rings. The van der Waals surface area contributed by atoms with E-state index in [0.717, 1.165) is 16.9 Å². The maximum Gasteiger partial charge on any atom is 0.129 e. The van der Waals surface area contributed by atoms with Crippen LogP contribution in [0.4, 0.5) is 5.82 Å². The van der Waals surface area contributed by atoms with Gasteiger partial charge in [0.2, 0.25) is 0 Å². The van der Waals surface area contributed by atoms with Gasteiger partial charge in [-0.2, -0.15) is 0 Å². The minimum absolute atomic E-state index is 0.354. The van der Waals surface area contributed by atoms with Crippen molar-refractivity contribution >= 4 is 5.82 Å². The van der Waals surface area contributed by atoms with Gasteiger partial charge in [0.15, 0.2) is 0 Å². The molecular formula is C15H18N2O2. The Morgan fingerprint density at radius 3 is 2.63 bits per heavy atom. The molecule has 4 nitrogen and oxygen atoms in total. The van der Waals surface area contributed by atoms with E-state index >= 15 is 0 Å². The second-order valence-electron chi connectivity index (χ2n) is 4.39. The van der Waals surface area contributed by atoms with Crippen molar-refractivity contribution in [1.29, 1.82) is 0 Å². The zero-order valence-electron chi connectivity index (χ0n) is 11.1. The lowest BCUT2D eigenvalue weighted by atomic mass is 10.0. The Kier molecular flexibility index (Phi) is 4.02. The highest BCUT2D eigenvalue weighted by molar-refractivity contribution is 5.46. The highest BCUT2D eigenvalue weighted by Gasteiger charge is 2.14. The molecule has 1 heterocycles. The van der Waals surface area contributed by atoms with Crippen LogP contribution in [0.2, 0.25) is 0 Å². The third-order valence-electron chi connectivity index (χ3n) is 2.89. The minimum atomic E-state index is -0.775. The monoisotopic (exact) mass is 258 g/mol. The Morgan fingerprint density at radius 1 is 1.32 bits per heavy atom. The van der Waals surface area contributed by atoms with Crippen LogP contribution < -0.4 is 10.5 Å². The first kappa shape index (κ1) is 13.4. The van der Waals surface area contributed by atoms with Gasteiger partial charge in [0.25, 0.3) is 0 Å². The quantitative estimate of drug-likeness (QED) is 0.884. The van der Waals surface area contributed by atoms with Crippen LogP contribution >= 0.6 is 0 Å². The van der Waals surface area contributed by atoms with Crippen molar-refractivity contribution in [3.05, 3.63) is 53.2 Å². The van der Waals surface area contributed by atoms with E-state index in [0.29, 0.717) is 18.0 Å². The Morgan fingerprint density at radius 2 is 2.00 bits per heavy atom. The van der Waals surface area contributed by atoms with Crippen molar-refractivity contribution in [2.24, 2.45) is 0 Å².